The van der Waals surface area contributed by atoms with Gasteiger partial charge in [0.25, 0.3) is 0 Å². The first-order chi connectivity index (χ1) is 26.7. The van der Waals surface area contributed by atoms with Crippen molar-refractivity contribution in [2.45, 2.75) is 64.0 Å². The molecule has 5 aromatic rings. The van der Waals surface area contributed by atoms with E-state index in [9.17, 15) is 0 Å². The molecule has 0 saturated carbocycles. The summed E-state index contributed by atoms with van der Waals surface area (Å²) in [7, 11) is 0. The number of anilines is 3. The third kappa shape index (κ3) is 4.77. The molecule has 0 bridgehead atoms. The Morgan fingerprint density at radius 2 is 1.63 bits per heavy atom. The molecule has 0 N–H and O–H groups in total. The zero-order valence-electron chi connectivity index (χ0n) is 30.7. The summed E-state index contributed by atoms with van der Waals surface area (Å²) in [5.41, 5.74) is 19.7. The maximum absolute atomic E-state index is 5.00. The number of hydrogen-bond acceptors (Lipinski definition) is 4. The Morgan fingerprint density at radius 3 is 2.48 bits per heavy atom. The normalized spacial score (nSPS) is 22.1. The molecule has 0 fully saturated rings. The standard InChI is InChI=1S/C49H43N5/c1-32-13-2-7-19-42(32)54-43-20-8-3-15-36(43)40-29-34(25-27-47(40)54)53-45-22-10-5-17-38(45)48-37-16-4-9-21-44(37)52(46-23-11-6-18-39(46)49(48)53)35-24-26-41(51-31-35)33-14-12-28-50-30-33/h2-4,6-10,12,14-16,18-22,24,26,28-32,34,47H,5,11,13,17,23,25,27H2,1H3. The summed E-state index contributed by atoms with van der Waals surface area (Å²) < 4.78 is 2.76. The first-order valence-corrected chi connectivity index (χ1v) is 19.8. The van der Waals surface area contributed by atoms with Crippen LogP contribution in [0.1, 0.15) is 74.0 Å². The summed E-state index contributed by atoms with van der Waals surface area (Å²) in [5.74, 6) is 0.505. The highest BCUT2D eigenvalue weighted by molar-refractivity contribution is 6.01. The predicted octanol–water partition coefficient (Wildman–Crippen LogP) is 11.9. The fourth-order valence-corrected chi connectivity index (χ4v) is 10.1. The molecular weight excluding hydrogens is 659 g/mol. The van der Waals surface area contributed by atoms with E-state index in [1.54, 1.807) is 0 Å². The van der Waals surface area contributed by atoms with E-state index in [1.807, 2.05) is 18.5 Å². The molecule has 0 radical (unpaired) electrons. The Balaban J connectivity index is 1.11. The average molecular weight is 702 g/mol. The number of aromatic nitrogens is 3. The summed E-state index contributed by atoms with van der Waals surface area (Å²) in [6.07, 6.45) is 32.4. The van der Waals surface area contributed by atoms with E-state index >= 15 is 0 Å². The largest absolute Gasteiger partial charge is 0.337 e. The zero-order valence-corrected chi connectivity index (χ0v) is 30.7. The first-order valence-electron chi connectivity index (χ1n) is 19.8. The summed E-state index contributed by atoms with van der Waals surface area (Å²) in [6, 6.07) is 27.3. The summed E-state index contributed by atoms with van der Waals surface area (Å²) >= 11 is 0. The van der Waals surface area contributed by atoms with E-state index in [0.29, 0.717) is 12.0 Å². The molecular formula is C49H43N5. The molecule has 0 saturated heterocycles. The zero-order chi connectivity index (χ0) is 35.8. The Kier molecular flexibility index (Phi) is 7.36. The minimum atomic E-state index is 0.241. The smallest absolute Gasteiger partial charge is 0.0719 e. The number of pyridine rings is 2. The van der Waals surface area contributed by atoms with Crippen molar-refractivity contribution in [1.29, 1.82) is 0 Å². The average Bonchev–Trinajstić information content (AvgIpc) is 3.71. The van der Waals surface area contributed by atoms with E-state index in [-0.39, 0.29) is 6.04 Å². The van der Waals surface area contributed by atoms with Crippen molar-refractivity contribution in [1.82, 2.24) is 14.5 Å². The maximum atomic E-state index is 5.00. The van der Waals surface area contributed by atoms with Crippen molar-refractivity contribution in [2.24, 2.45) is 5.92 Å². The van der Waals surface area contributed by atoms with Crippen LogP contribution in [-0.4, -0.2) is 20.6 Å². The Labute approximate surface area is 317 Å². The number of fused-ring (bicyclic) bond motifs is 9. The van der Waals surface area contributed by atoms with Crippen LogP contribution in [0.15, 0.2) is 145 Å². The van der Waals surface area contributed by atoms with Crippen molar-refractivity contribution in [3.05, 3.63) is 168 Å². The van der Waals surface area contributed by atoms with E-state index in [1.165, 1.54) is 67.6 Å². The number of rotatable bonds is 4. The number of allylic oxidation sites excluding steroid dienone is 10. The molecule has 5 heterocycles. The van der Waals surface area contributed by atoms with Crippen LogP contribution < -0.4 is 9.80 Å². The molecule has 2 aromatic carbocycles. The van der Waals surface area contributed by atoms with Crippen LogP contribution in [0.2, 0.25) is 0 Å². The van der Waals surface area contributed by atoms with Gasteiger partial charge in [0.05, 0.1) is 41.0 Å². The lowest BCUT2D eigenvalue weighted by atomic mass is 9.87. The third-order valence-corrected chi connectivity index (χ3v) is 12.5. The van der Waals surface area contributed by atoms with Gasteiger partial charge in [0, 0.05) is 63.0 Å². The highest BCUT2D eigenvalue weighted by Crippen LogP contribution is 2.55. The number of para-hydroxylation sites is 2. The molecule has 3 aromatic heterocycles. The molecule has 3 unspecified atom stereocenters. The van der Waals surface area contributed by atoms with E-state index in [4.69, 9.17) is 4.98 Å². The van der Waals surface area contributed by atoms with Gasteiger partial charge in [-0.25, -0.2) is 0 Å². The van der Waals surface area contributed by atoms with Crippen molar-refractivity contribution in [3.63, 3.8) is 0 Å². The van der Waals surface area contributed by atoms with Gasteiger partial charge in [-0.05, 0) is 111 Å². The lowest BCUT2D eigenvalue weighted by Crippen LogP contribution is -2.36. The van der Waals surface area contributed by atoms with Gasteiger partial charge in [-0.1, -0.05) is 79.8 Å². The molecule has 2 aliphatic heterocycles. The Hall–Kier alpha value is -5.94. The molecule has 54 heavy (non-hydrogen) atoms. The lowest BCUT2D eigenvalue weighted by molar-refractivity contribution is 0.486. The molecule has 4 aliphatic carbocycles. The number of benzene rings is 2. The van der Waals surface area contributed by atoms with Crippen LogP contribution in [-0.2, 0) is 6.42 Å². The second-order valence-corrected chi connectivity index (χ2v) is 15.5. The summed E-state index contributed by atoms with van der Waals surface area (Å²) in [4.78, 5) is 14.5. The van der Waals surface area contributed by atoms with Crippen LogP contribution >= 0.6 is 0 Å². The highest BCUT2D eigenvalue weighted by Gasteiger charge is 2.42. The highest BCUT2D eigenvalue weighted by atomic mass is 15.2. The Bertz CT molecular complexity index is 2510. The quantitative estimate of drug-likeness (QED) is 0.187. The van der Waals surface area contributed by atoms with Gasteiger partial charge in [-0.15, -0.1) is 0 Å². The van der Waals surface area contributed by atoms with Crippen LogP contribution in [0.25, 0.3) is 39.6 Å². The molecule has 264 valence electrons. The topological polar surface area (TPSA) is 37.2 Å². The fourth-order valence-electron chi connectivity index (χ4n) is 10.1. The number of hydrogen-bond donors (Lipinski definition) is 0. The fraction of sp³-hybridized carbons (Fsp3) is 0.224. The summed E-state index contributed by atoms with van der Waals surface area (Å²) in [5, 5.41) is 0. The third-order valence-electron chi connectivity index (χ3n) is 12.5. The van der Waals surface area contributed by atoms with Gasteiger partial charge < -0.3 is 14.4 Å². The van der Waals surface area contributed by atoms with Gasteiger partial charge in [-0.2, -0.15) is 0 Å². The van der Waals surface area contributed by atoms with Crippen LogP contribution in [0.3, 0.4) is 0 Å². The van der Waals surface area contributed by atoms with Crippen LogP contribution in [0, 0.1) is 5.92 Å². The van der Waals surface area contributed by atoms with E-state index < -0.39 is 0 Å². The number of nitrogens with zero attached hydrogens (tertiary/aromatic N) is 5. The van der Waals surface area contributed by atoms with Crippen molar-refractivity contribution < 1.29 is 0 Å². The molecule has 6 aliphatic rings. The predicted molar refractivity (Wildman–Crippen MR) is 222 cm³/mol. The molecule has 5 heteroatoms. The van der Waals surface area contributed by atoms with Crippen molar-refractivity contribution in [2.75, 3.05) is 9.80 Å². The molecule has 3 atom stereocenters. The van der Waals surface area contributed by atoms with Gasteiger partial charge in [0.2, 0.25) is 0 Å². The van der Waals surface area contributed by atoms with Gasteiger partial charge in [0.1, 0.15) is 0 Å². The molecule has 0 amide bonds. The van der Waals surface area contributed by atoms with Gasteiger partial charge >= 0.3 is 0 Å². The monoisotopic (exact) mass is 701 g/mol. The minimum Gasteiger partial charge on any atom is -0.337 e. The van der Waals surface area contributed by atoms with Crippen molar-refractivity contribution >= 4 is 34.3 Å². The second kappa shape index (κ2) is 12.6. The van der Waals surface area contributed by atoms with Crippen LogP contribution in [0.5, 0.6) is 0 Å². The van der Waals surface area contributed by atoms with E-state index in [2.05, 4.69) is 148 Å². The van der Waals surface area contributed by atoms with Gasteiger partial charge in [-0.3, -0.25) is 9.97 Å². The van der Waals surface area contributed by atoms with Crippen molar-refractivity contribution in [3.8, 4) is 22.4 Å². The second-order valence-electron chi connectivity index (χ2n) is 15.5. The summed E-state index contributed by atoms with van der Waals surface area (Å²) in [6.45, 7) is 2.38. The van der Waals surface area contributed by atoms with Crippen LogP contribution in [0.4, 0.5) is 17.1 Å². The molecule has 11 rings (SSSR count). The Morgan fingerprint density at radius 1 is 0.778 bits per heavy atom. The first kappa shape index (κ1) is 31.6. The molecule has 5 nitrogen and oxygen atoms in total. The molecule has 0 spiro atoms. The SMILES string of the molecule is CC1CC=CC=C1N1c2ccccc2C2=CC(n3c4c(c5c3C3=C(CCC=C3)N(c3ccc(-c6cccnc6)nc3)c3ccccc3-5)CCC=C4)CCC21. The van der Waals surface area contributed by atoms with Gasteiger partial charge in [0.15, 0.2) is 0 Å². The lowest BCUT2D eigenvalue weighted by Gasteiger charge is -2.37. The maximum Gasteiger partial charge on any atom is 0.0719 e. The van der Waals surface area contributed by atoms with E-state index in [0.717, 1.165) is 61.9 Å². The minimum absolute atomic E-state index is 0.241.